The van der Waals surface area contributed by atoms with E-state index < -0.39 is 11.9 Å². The van der Waals surface area contributed by atoms with Gasteiger partial charge >= 0.3 is 11.9 Å². The van der Waals surface area contributed by atoms with Gasteiger partial charge in [0, 0.05) is 0 Å². The molecule has 0 aliphatic heterocycles. The fourth-order valence-corrected chi connectivity index (χ4v) is 1.21. The van der Waals surface area contributed by atoms with Crippen molar-refractivity contribution < 1.29 is 19.1 Å². The maximum atomic E-state index is 11.3. The zero-order valence-corrected chi connectivity index (χ0v) is 10.7. The number of esters is 2. The highest BCUT2D eigenvalue weighted by Crippen LogP contribution is 2.06. The molecule has 4 heteroatoms. The molecule has 0 amide bonds. The highest BCUT2D eigenvalue weighted by molar-refractivity contribution is 5.79. The first kappa shape index (κ1) is 15.7. The third kappa shape index (κ3) is 8.48. The Hall–Kier alpha value is -1.32. The summed E-state index contributed by atoms with van der Waals surface area (Å²) in [5.41, 5.74) is 0. The number of carbonyl (C=O) groups is 2. The molecule has 0 rings (SSSR count). The van der Waals surface area contributed by atoms with Crippen molar-refractivity contribution in [3.05, 3.63) is 12.7 Å². The van der Waals surface area contributed by atoms with Crippen LogP contribution in [0.25, 0.3) is 0 Å². The summed E-state index contributed by atoms with van der Waals surface area (Å²) in [6, 6.07) is 0. The van der Waals surface area contributed by atoms with E-state index in [0.717, 1.165) is 19.3 Å². The van der Waals surface area contributed by atoms with Gasteiger partial charge in [-0.2, -0.15) is 0 Å². The lowest BCUT2D eigenvalue weighted by molar-refractivity contribution is -0.153. The van der Waals surface area contributed by atoms with E-state index in [1.165, 1.54) is 6.08 Å². The first-order chi connectivity index (χ1) is 8.11. The van der Waals surface area contributed by atoms with Gasteiger partial charge in [0.25, 0.3) is 0 Å². The monoisotopic (exact) mass is 242 g/mol. The summed E-state index contributed by atoms with van der Waals surface area (Å²) in [6.07, 6.45) is 4.57. The predicted molar refractivity (Wildman–Crippen MR) is 65.4 cm³/mol. The van der Waals surface area contributed by atoms with Crippen molar-refractivity contribution in [1.29, 1.82) is 0 Å². The summed E-state index contributed by atoms with van der Waals surface area (Å²) >= 11 is 0. The Labute approximate surface area is 103 Å². The summed E-state index contributed by atoms with van der Waals surface area (Å²) in [5.74, 6) is -1.20. The van der Waals surface area contributed by atoms with E-state index in [4.69, 9.17) is 9.47 Å². The Morgan fingerprint density at radius 2 is 2.00 bits per heavy atom. The Kier molecular flexibility index (Phi) is 9.11. The zero-order chi connectivity index (χ0) is 13.1. The first-order valence-corrected chi connectivity index (χ1v) is 6.05. The van der Waals surface area contributed by atoms with Crippen LogP contribution in [0.3, 0.4) is 0 Å². The van der Waals surface area contributed by atoms with Crippen LogP contribution >= 0.6 is 0 Å². The van der Waals surface area contributed by atoms with Crippen LogP contribution in [0, 0.1) is 5.92 Å². The lowest BCUT2D eigenvalue weighted by atomic mass is 10.1. The van der Waals surface area contributed by atoms with Gasteiger partial charge in [-0.1, -0.05) is 39.3 Å². The van der Waals surface area contributed by atoms with Gasteiger partial charge in [-0.15, -0.1) is 0 Å². The SMILES string of the molecule is C=CCOC(=O)C(C)CC(=O)OCCCCC. The van der Waals surface area contributed by atoms with Crippen LogP contribution in [-0.4, -0.2) is 25.2 Å². The lowest BCUT2D eigenvalue weighted by Crippen LogP contribution is -2.19. The van der Waals surface area contributed by atoms with E-state index in [1.807, 2.05) is 0 Å². The first-order valence-electron chi connectivity index (χ1n) is 6.05. The van der Waals surface area contributed by atoms with Crippen LogP contribution in [-0.2, 0) is 19.1 Å². The third-order valence-electron chi connectivity index (χ3n) is 2.23. The maximum Gasteiger partial charge on any atom is 0.309 e. The number of hydrogen-bond donors (Lipinski definition) is 0. The number of hydrogen-bond acceptors (Lipinski definition) is 4. The van der Waals surface area contributed by atoms with Gasteiger partial charge in [-0.25, -0.2) is 0 Å². The molecule has 0 fully saturated rings. The van der Waals surface area contributed by atoms with Crippen molar-refractivity contribution in [2.75, 3.05) is 13.2 Å². The van der Waals surface area contributed by atoms with Crippen LogP contribution in [0.5, 0.6) is 0 Å². The molecule has 1 atom stereocenters. The van der Waals surface area contributed by atoms with Gasteiger partial charge in [-0.3, -0.25) is 9.59 Å². The molecule has 0 heterocycles. The van der Waals surface area contributed by atoms with Crippen LogP contribution in [0.4, 0.5) is 0 Å². The van der Waals surface area contributed by atoms with E-state index in [2.05, 4.69) is 13.5 Å². The molecule has 17 heavy (non-hydrogen) atoms. The molecule has 4 nitrogen and oxygen atoms in total. The Morgan fingerprint density at radius 3 is 2.59 bits per heavy atom. The van der Waals surface area contributed by atoms with E-state index in [0.29, 0.717) is 6.61 Å². The lowest BCUT2D eigenvalue weighted by Gasteiger charge is -2.10. The van der Waals surface area contributed by atoms with Gasteiger partial charge in [0.05, 0.1) is 18.9 Å². The van der Waals surface area contributed by atoms with Gasteiger partial charge < -0.3 is 9.47 Å². The molecular formula is C13H22O4. The van der Waals surface area contributed by atoms with E-state index in [-0.39, 0.29) is 19.0 Å². The standard InChI is InChI=1S/C13H22O4/c1-4-6-7-9-16-12(14)10-11(3)13(15)17-8-5-2/h5,11H,2,4,6-10H2,1,3H3. The second-order valence-electron chi connectivity index (χ2n) is 3.95. The molecule has 1 unspecified atom stereocenters. The molecule has 0 spiro atoms. The minimum Gasteiger partial charge on any atom is -0.466 e. The summed E-state index contributed by atoms with van der Waals surface area (Å²) < 4.78 is 9.83. The smallest absolute Gasteiger partial charge is 0.309 e. The topological polar surface area (TPSA) is 52.6 Å². The van der Waals surface area contributed by atoms with Crippen molar-refractivity contribution in [3.63, 3.8) is 0 Å². The second-order valence-corrected chi connectivity index (χ2v) is 3.95. The van der Waals surface area contributed by atoms with Crippen molar-refractivity contribution in [3.8, 4) is 0 Å². The van der Waals surface area contributed by atoms with Crippen molar-refractivity contribution in [1.82, 2.24) is 0 Å². The largest absolute Gasteiger partial charge is 0.466 e. The molecule has 0 aromatic heterocycles. The van der Waals surface area contributed by atoms with Gasteiger partial charge in [0.1, 0.15) is 6.61 Å². The fraction of sp³-hybridized carbons (Fsp3) is 0.692. The second kappa shape index (κ2) is 9.87. The quantitative estimate of drug-likeness (QED) is 0.354. The highest BCUT2D eigenvalue weighted by atomic mass is 16.5. The van der Waals surface area contributed by atoms with Gasteiger partial charge in [-0.05, 0) is 6.42 Å². The Balaban J connectivity index is 3.71. The minimum absolute atomic E-state index is 0.0715. The van der Waals surface area contributed by atoms with Gasteiger partial charge in [0.15, 0.2) is 0 Å². The molecule has 0 aliphatic carbocycles. The number of rotatable bonds is 9. The number of ether oxygens (including phenoxy) is 2. The van der Waals surface area contributed by atoms with Crippen molar-refractivity contribution >= 4 is 11.9 Å². The Morgan fingerprint density at radius 1 is 1.29 bits per heavy atom. The van der Waals surface area contributed by atoms with Crippen LogP contribution in [0.15, 0.2) is 12.7 Å². The van der Waals surface area contributed by atoms with Crippen LogP contribution < -0.4 is 0 Å². The van der Waals surface area contributed by atoms with Crippen molar-refractivity contribution in [2.45, 2.75) is 39.5 Å². The molecule has 0 N–H and O–H groups in total. The maximum absolute atomic E-state index is 11.3. The molecule has 98 valence electrons. The van der Waals surface area contributed by atoms with Crippen LogP contribution in [0.1, 0.15) is 39.5 Å². The normalized spacial score (nSPS) is 11.6. The summed E-state index contributed by atoms with van der Waals surface area (Å²) in [6.45, 7) is 7.78. The fourth-order valence-electron chi connectivity index (χ4n) is 1.21. The molecule has 0 aromatic carbocycles. The average Bonchev–Trinajstić information content (AvgIpc) is 2.31. The number of carbonyl (C=O) groups excluding carboxylic acids is 2. The summed E-state index contributed by atoms with van der Waals surface area (Å²) in [4.78, 5) is 22.7. The predicted octanol–water partition coefficient (Wildman–Crippen LogP) is 2.48. The molecular weight excluding hydrogens is 220 g/mol. The van der Waals surface area contributed by atoms with Crippen molar-refractivity contribution in [2.24, 2.45) is 5.92 Å². The molecule has 0 radical (unpaired) electrons. The molecule has 0 saturated carbocycles. The number of unbranched alkanes of at least 4 members (excludes halogenated alkanes) is 2. The zero-order valence-electron chi connectivity index (χ0n) is 10.7. The van der Waals surface area contributed by atoms with E-state index in [9.17, 15) is 9.59 Å². The van der Waals surface area contributed by atoms with E-state index in [1.54, 1.807) is 6.92 Å². The summed E-state index contributed by atoms with van der Waals surface area (Å²) in [5, 5.41) is 0. The summed E-state index contributed by atoms with van der Waals surface area (Å²) in [7, 11) is 0. The highest BCUT2D eigenvalue weighted by Gasteiger charge is 2.18. The minimum atomic E-state index is -0.464. The average molecular weight is 242 g/mol. The van der Waals surface area contributed by atoms with Crippen LogP contribution in [0.2, 0.25) is 0 Å². The molecule has 0 saturated heterocycles. The Bertz CT molecular complexity index is 248. The molecule has 0 aromatic rings. The third-order valence-corrected chi connectivity index (χ3v) is 2.23. The van der Waals surface area contributed by atoms with Gasteiger partial charge in [0.2, 0.25) is 0 Å². The van der Waals surface area contributed by atoms with E-state index >= 15 is 0 Å². The molecule has 0 bridgehead atoms. The molecule has 0 aliphatic rings.